The molecule has 0 amide bonds. The summed E-state index contributed by atoms with van der Waals surface area (Å²) in [6, 6.07) is 8.46. The van der Waals surface area contributed by atoms with Crippen molar-refractivity contribution in [2.45, 2.75) is 74.1 Å². The molecule has 0 heterocycles. The molecule has 0 spiro atoms. The molecule has 1 unspecified atom stereocenters. The molecule has 0 aliphatic carbocycles. The van der Waals surface area contributed by atoms with E-state index in [0.717, 1.165) is 18.8 Å². The van der Waals surface area contributed by atoms with E-state index in [-0.39, 0.29) is 0 Å². The molecule has 0 aliphatic heterocycles. The number of hydrogen-bond acceptors (Lipinski definition) is 1. The molecule has 20 heavy (non-hydrogen) atoms. The molecule has 118 valence electrons. The summed E-state index contributed by atoms with van der Waals surface area (Å²) >= 11 is 0. The highest BCUT2D eigenvalue weighted by atomic mass is 16.5. The molecule has 1 aromatic carbocycles. The number of hydrogen-bond donors (Lipinski definition) is 0. The molecule has 0 aliphatic rings. The first-order valence-electron chi connectivity index (χ1n) is 8.51. The van der Waals surface area contributed by atoms with Gasteiger partial charge in [0.25, 0.3) is 0 Å². The van der Waals surface area contributed by atoms with Gasteiger partial charge in [-0.15, -0.1) is 0 Å². The minimum Gasteiger partial charge on any atom is -0.493 e. The fourth-order valence-corrected chi connectivity index (χ4v) is 1.85. The Hall–Kier alpha value is -0.980. The first-order valence-corrected chi connectivity index (χ1v) is 8.51. The van der Waals surface area contributed by atoms with Crippen LogP contribution in [-0.2, 0) is 6.42 Å². The van der Waals surface area contributed by atoms with Crippen molar-refractivity contribution in [2.75, 3.05) is 6.61 Å². The second-order valence-corrected chi connectivity index (χ2v) is 4.37. The quantitative estimate of drug-likeness (QED) is 0.553. The van der Waals surface area contributed by atoms with Crippen LogP contribution in [0.4, 0.5) is 0 Å². The zero-order chi connectivity index (χ0) is 15.8. The zero-order valence-corrected chi connectivity index (χ0v) is 14.8. The van der Waals surface area contributed by atoms with Crippen molar-refractivity contribution in [1.29, 1.82) is 0 Å². The van der Waals surface area contributed by atoms with Gasteiger partial charge in [-0.2, -0.15) is 0 Å². The largest absolute Gasteiger partial charge is 0.493 e. The highest BCUT2D eigenvalue weighted by Gasteiger charge is 2.05. The fraction of sp³-hybridized carbons (Fsp3) is 0.684. The third-order valence-corrected chi connectivity index (χ3v) is 3.09. The minimum atomic E-state index is 0.704. The van der Waals surface area contributed by atoms with Crippen LogP contribution in [0.3, 0.4) is 0 Å². The number of benzene rings is 1. The Morgan fingerprint density at radius 3 is 1.85 bits per heavy atom. The van der Waals surface area contributed by atoms with Crippen LogP contribution in [-0.4, -0.2) is 6.61 Å². The Kier molecular flexibility index (Phi) is 17.1. The standard InChI is InChI=1S/C15H24O.2C2H6/c1-4-7-14(6-3)12-16-15-10-8-13(5-2)9-11-15;2*1-2/h8-11,14H,4-7,12H2,1-3H3;2*1-2H3. The highest BCUT2D eigenvalue weighted by molar-refractivity contribution is 5.27. The lowest BCUT2D eigenvalue weighted by molar-refractivity contribution is 0.235. The average Bonchev–Trinajstić information content (AvgIpc) is 2.55. The molecule has 0 aromatic heterocycles. The second-order valence-electron chi connectivity index (χ2n) is 4.37. The van der Waals surface area contributed by atoms with E-state index in [1.54, 1.807) is 0 Å². The summed E-state index contributed by atoms with van der Waals surface area (Å²) in [5.41, 5.74) is 1.37. The molecule has 1 nitrogen and oxygen atoms in total. The van der Waals surface area contributed by atoms with Gasteiger partial charge in [-0.3, -0.25) is 0 Å². The summed E-state index contributed by atoms with van der Waals surface area (Å²) in [7, 11) is 0. The molecule has 1 aromatic rings. The van der Waals surface area contributed by atoms with Crippen LogP contribution in [0.5, 0.6) is 5.75 Å². The Bertz CT molecular complexity index is 276. The van der Waals surface area contributed by atoms with Gasteiger partial charge in [0.15, 0.2) is 0 Å². The predicted octanol–water partition coefficient (Wildman–Crippen LogP) is 6.51. The molecule has 1 atom stereocenters. The van der Waals surface area contributed by atoms with E-state index < -0.39 is 0 Å². The molecule has 1 heteroatoms. The van der Waals surface area contributed by atoms with Gasteiger partial charge in [-0.05, 0) is 36.5 Å². The zero-order valence-electron chi connectivity index (χ0n) is 14.8. The van der Waals surface area contributed by atoms with E-state index in [1.165, 1.54) is 24.8 Å². The van der Waals surface area contributed by atoms with Crippen LogP contribution in [0.2, 0.25) is 0 Å². The van der Waals surface area contributed by atoms with Crippen LogP contribution in [0.15, 0.2) is 24.3 Å². The van der Waals surface area contributed by atoms with Gasteiger partial charge in [0.1, 0.15) is 5.75 Å². The monoisotopic (exact) mass is 280 g/mol. The van der Waals surface area contributed by atoms with Gasteiger partial charge >= 0.3 is 0 Å². The van der Waals surface area contributed by atoms with Gasteiger partial charge < -0.3 is 4.74 Å². The maximum atomic E-state index is 5.81. The Morgan fingerprint density at radius 2 is 1.45 bits per heavy atom. The van der Waals surface area contributed by atoms with Gasteiger partial charge in [0.2, 0.25) is 0 Å². The summed E-state index contributed by atoms with van der Waals surface area (Å²) < 4.78 is 5.81. The van der Waals surface area contributed by atoms with Crippen molar-refractivity contribution in [3.8, 4) is 5.75 Å². The van der Waals surface area contributed by atoms with Crippen molar-refractivity contribution in [2.24, 2.45) is 5.92 Å². The highest BCUT2D eigenvalue weighted by Crippen LogP contribution is 2.16. The molecular weight excluding hydrogens is 244 g/mol. The van der Waals surface area contributed by atoms with Gasteiger partial charge in [0, 0.05) is 0 Å². The smallest absolute Gasteiger partial charge is 0.119 e. The summed E-state index contributed by atoms with van der Waals surface area (Å²) in [6.07, 6.45) is 4.81. The lowest BCUT2D eigenvalue weighted by Gasteiger charge is -2.15. The molecular formula is C19H36O. The van der Waals surface area contributed by atoms with Crippen molar-refractivity contribution in [3.05, 3.63) is 29.8 Å². The van der Waals surface area contributed by atoms with E-state index >= 15 is 0 Å². The van der Waals surface area contributed by atoms with Crippen molar-refractivity contribution in [1.82, 2.24) is 0 Å². The SMILES string of the molecule is CC.CC.CCCC(CC)COc1ccc(CC)cc1. The lowest BCUT2D eigenvalue weighted by Crippen LogP contribution is -2.10. The van der Waals surface area contributed by atoms with E-state index in [9.17, 15) is 0 Å². The molecule has 0 bridgehead atoms. The Balaban J connectivity index is 0. The molecule has 0 saturated carbocycles. The third kappa shape index (κ3) is 9.89. The van der Waals surface area contributed by atoms with Crippen LogP contribution < -0.4 is 4.74 Å². The van der Waals surface area contributed by atoms with E-state index in [0.29, 0.717) is 5.92 Å². The summed E-state index contributed by atoms with van der Waals surface area (Å²) in [5.74, 6) is 1.71. The maximum absolute atomic E-state index is 5.81. The first kappa shape index (κ1) is 21.3. The van der Waals surface area contributed by atoms with Crippen LogP contribution in [0.1, 0.15) is 73.3 Å². The van der Waals surface area contributed by atoms with Gasteiger partial charge in [-0.1, -0.05) is 73.4 Å². The molecule has 0 fully saturated rings. The normalized spacial score (nSPS) is 10.6. The minimum absolute atomic E-state index is 0.704. The topological polar surface area (TPSA) is 9.23 Å². The van der Waals surface area contributed by atoms with Crippen molar-refractivity contribution < 1.29 is 4.74 Å². The van der Waals surface area contributed by atoms with Crippen LogP contribution in [0, 0.1) is 5.92 Å². The first-order chi connectivity index (χ1) is 9.80. The average molecular weight is 280 g/mol. The maximum Gasteiger partial charge on any atom is 0.119 e. The number of rotatable bonds is 7. The van der Waals surface area contributed by atoms with Crippen molar-refractivity contribution >= 4 is 0 Å². The van der Waals surface area contributed by atoms with Gasteiger partial charge in [-0.25, -0.2) is 0 Å². The third-order valence-electron chi connectivity index (χ3n) is 3.09. The molecule has 0 saturated heterocycles. The second kappa shape index (κ2) is 16.1. The number of aryl methyl sites for hydroxylation is 1. The van der Waals surface area contributed by atoms with Crippen LogP contribution in [0.25, 0.3) is 0 Å². The summed E-state index contributed by atoms with van der Waals surface area (Å²) in [5, 5.41) is 0. The predicted molar refractivity (Wildman–Crippen MR) is 92.7 cm³/mol. The van der Waals surface area contributed by atoms with Crippen LogP contribution >= 0.6 is 0 Å². The molecule has 0 radical (unpaired) electrons. The Morgan fingerprint density at radius 1 is 0.900 bits per heavy atom. The summed E-state index contributed by atoms with van der Waals surface area (Å²) in [4.78, 5) is 0. The summed E-state index contributed by atoms with van der Waals surface area (Å²) in [6.45, 7) is 15.5. The van der Waals surface area contributed by atoms with E-state index in [1.807, 2.05) is 27.7 Å². The number of ether oxygens (including phenoxy) is 1. The van der Waals surface area contributed by atoms with E-state index in [2.05, 4.69) is 45.0 Å². The van der Waals surface area contributed by atoms with Crippen molar-refractivity contribution in [3.63, 3.8) is 0 Å². The van der Waals surface area contributed by atoms with Gasteiger partial charge in [0.05, 0.1) is 6.61 Å². The Labute approximate surface area is 127 Å². The molecule has 0 N–H and O–H groups in total. The fourth-order valence-electron chi connectivity index (χ4n) is 1.85. The van der Waals surface area contributed by atoms with E-state index in [4.69, 9.17) is 4.74 Å². The molecule has 1 rings (SSSR count). The lowest BCUT2D eigenvalue weighted by atomic mass is 10.0.